The number of ether oxygens (including phenoxy) is 2. The van der Waals surface area contributed by atoms with Gasteiger partial charge >= 0.3 is 0 Å². The third-order valence-electron chi connectivity index (χ3n) is 5.38. The molecule has 0 spiro atoms. The third-order valence-corrected chi connectivity index (χ3v) is 6.51. The van der Waals surface area contributed by atoms with E-state index in [1.54, 1.807) is 7.11 Å². The van der Waals surface area contributed by atoms with Crippen molar-refractivity contribution in [1.29, 1.82) is 0 Å². The number of thiophene rings is 1. The van der Waals surface area contributed by atoms with Crippen molar-refractivity contribution in [3.8, 4) is 11.5 Å². The molecule has 29 heavy (non-hydrogen) atoms. The fourth-order valence-electron chi connectivity index (χ4n) is 3.96. The second-order valence-corrected chi connectivity index (χ2v) is 9.32. The van der Waals surface area contributed by atoms with Gasteiger partial charge in [0, 0.05) is 10.1 Å². The summed E-state index contributed by atoms with van der Waals surface area (Å²) in [6.45, 7) is 6.52. The largest absolute Gasteiger partial charge is 0.496 e. The first-order valence-corrected chi connectivity index (χ1v) is 10.5. The summed E-state index contributed by atoms with van der Waals surface area (Å²) in [4.78, 5) is 13.5. The predicted octanol–water partition coefficient (Wildman–Crippen LogP) is 4.33. The van der Waals surface area contributed by atoms with Crippen LogP contribution in [0.25, 0.3) is 10.1 Å². The minimum Gasteiger partial charge on any atom is -0.496 e. The Balaban J connectivity index is 1.74. The number of aromatic nitrogens is 4. The molecule has 0 bridgehead atoms. The summed E-state index contributed by atoms with van der Waals surface area (Å²) >= 11 is 1.40. The first kappa shape index (κ1) is 19.6. The molecule has 2 aromatic heterocycles. The van der Waals surface area contributed by atoms with Crippen LogP contribution in [0.3, 0.4) is 0 Å². The Hall–Kier alpha value is -2.68. The maximum Gasteiger partial charge on any atom is 0.272 e. The van der Waals surface area contributed by atoms with E-state index in [-0.39, 0.29) is 23.4 Å². The van der Waals surface area contributed by atoms with Crippen LogP contribution in [-0.4, -0.2) is 39.7 Å². The highest BCUT2D eigenvalue weighted by Crippen LogP contribution is 2.44. The van der Waals surface area contributed by atoms with Crippen molar-refractivity contribution in [2.75, 3.05) is 12.4 Å². The van der Waals surface area contributed by atoms with Crippen molar-refractivity contribution in [3.05, 3.63) is 22.6 Å². The molecule has 0 aliphatic heterocycles. The maximum atomic E-state index is 13.0. The molecule has 4 rings (SSSR count). The topological polar surface area (TPSA) is 102 Å². The third kappa shape index (κ3) is 4.05. The summed E-state index contributed by atoms with van der Waals surface area (Å²) in [5, 5.41) is 17.0. The lowest BCUT2D eigenvalue weighted by Crippen LogP contribution is -2.30. The number of tetrazole rings is 1. The first-order valence-electron chi connectivity index (χ1n) is 9.69. The number of nitrogens with zero attached hydrogens (tertiary/aromatic N) is 3. The Morgan fingerprint density at radius 3 is 2.90 bits per heavy atom. The SMILES string of the molecule is COc1cc2c(OC3CCCC(C)(C)C3)c(C(=O)Nc3nn[nH]n3)sc2cc1C. The van der Waals surface area contributed by atoms with Gasteiger partial charge in [-0.3, -0.25) is 10.1 Å². The number of nitrogens with one attached hydrogen (secondary N) is 2. The number of hydrogen-bond donors (Lipinski definition) is 2. The fourth-order valence-corrected chi connectivity index (χ4v) is 5.07. The minimum atomic E-state index is -0.311. The number of aromatic amines is 1. The van der Waals surface area contributed by atoms with Crippen LogP contribution in [0, 0.1) is 12.3 Å². The monoisotopic (exact) mass is 415 g/mol. The van der Waals surface area contributed by atoms with Gasteiger partial charge in [0.15, 0.2) is 5.75 Å². The molecule has 2 N–H and O–H groups in total. The van der Waals surface area contributed by atoms with Crippen LogP contribution in [0.5, 0.6) is 11.5 Å². The van der Waals surface area contributed by atoms with Crippen LogP contribution in [0.2, 0.25) is 0 Å². The lowest BCUT2D eigenvalue weighted by Gasteiger charge is -2.35. The Morgan fingerprint density at radius 1 is 1.38 bits per heavy atom. The summed E-state index contributed by atoms with van der Waals surface area (Å²) in [6.07, 6.45) is 4.32. The number of carbonyl (C=O) groups excluding carboxylic acids is 1. The fraction of sp³-hybridized carbons (Fsp3) is 0.500. The highest BCUT2D eigenvalue weighted by Gasteiger charge is 2.31. The van der Waals surface area contributed by atoms with Crippen LogP contribution < -0.4 is 14.8 Å². The van der Waals surface area contributed by atoms with E-state index in [4.69, 9.17) is 9.47 Å². The van der Waals surface area contributed by atoms with E-state index >= 15 is 0 Å². The van der Waals surface area contributed by atoms with Gasteiger partial charge in [-0.2, -0.15) is 5.21 Å². The average Bonchev–Trinajstić information content (AvgIpc) is 3.28. The molecule has 3 aromatic rings. The van der Waals surface area contributed by atoms with Crippen LogP contribution in [0.4, 0.5) is 5.95 Å². The Morgan fingerprint density at radius 2 is 2.21 bits per heavy atom. The minimum absolute atomic E-state index is 0.0700. The number of hydrogen-bond acceptors (Lipinski definition) is 7. The zero-order valence-electron chi connectivity index (χ0n) is 17.0. The van der Waals surface area contributed by atoms with Gasteiger partial charge in [-0.25, -0.2) is 0 Å². The molecule has 9 heteroatoms. The average molecular weight is 416 g/mol. The molecule has 1 aromatic carbocycles. The molecule has 1 saturated carbocycles. The summed E-state index contributed by atoms with van der Waals surface area (Å²) in [5.74, 6) is 1.20. The molecule has 1 unspecified atom stereocenters. The van der Waals surface area contributed by atoms with Crippen molar-refractivity contribution < 1.29 is 14.3 Å². The first-order chi connectivity index (χ1) is 13.9. The summed E-state index contributed by atoms with van der Waals surface area (Å²) in [6, 6.07) is 3.98. The van der Waals surface area contributed by atoms with Gasteiger partial charge in [-0.05, 0) is 60.9 Å². The number of carbonyl (C=O) groups is 1. The van der Waals surface area contributed by atoms with Crippen molar-refractivity contribution in [2.24, 2.45) is 5.41 Å². The van der Waals surface area contributed by atoms with Crippen molar-refractivity contribution >= 4 is 33.3 Å². The summed E-state index contributed by atoms with van der Waals surface area (Å²) < 4.78 is 13.0. The van der Waals surface area contributed by atoms with E-state index in [9.17, 15) is 4.79 Å². The zero-order valence-corrected chi connectivity index (χ0v) is 17.9. The number of anilines is 1. The van der Waals surface area contributed by atoms with Crippen molar-refractivity contribution in [3.63, 3.8) is 0 Å². The van der Waals surface area contributed by atoms with E-state index in [1.807, 2.05) is 19.1 Å². The van der Waals surface area contributed by atoms with Gasteiger partial charge in [-0.15, -0.1) is 16.4 Å². The zero-order chi connectivity index (χ0) is 20.6. The molecule has 154 valence electrons. The number of methoxy groups -OCH3 is 1. The number of H-pyrrole nitrogens is 1. The van der Waals surface area contributed by atoms with Gasteiger partial charge < -0.3 is 9.47 Å². The van der Waals surface area contributed by atoms with Crippen LogP contribution in [0.15, 0.2) is 12.1 Å². The van der Waals surface area contributed by atoms with Crippen LogP contribution in [-0.2, 0) is 0 Å². The summed E-state index contributed by atoms with van der Waals surface area (Å²) in [7, 11) is 1.65. The van der Waals surface area contributed by atoms with Gasteiger partial charge in [0.25, 0.3) is 11.9 Å². The van der Waals surface area contributed by atoms with Crippen molar-refractivity contribution in [1.82, 2.24) is 20.6 Å². The van der Waals surface area contributed by atoms with Crippen LogP contribution >= 0.6 is 11.3 Å². The molecular formula is C20H25N5O3S. The molecule has 2 heterocycles. The lowest BCUT2D eigenvalue weighted by atomic mass is 9.76. The molecular weight excluding hydrogens is 390 g/mol. The second kappa shape index (κ2) is 7.62. The second-order valence-electron chi connectivity index (χ2n) is 8.27. The molecule has 1 aliphatic rings. The Labute approximate surface area is 173 Å². The Kier molecular flexibility index (Phi) is 5.16. The molecule has 8 nitrogen and oxygen atoms in total. The van der Waals surface area contributed by atoms with Gasteiger partial charge in [0.2, 0.25) is 0 Å². The smallest absolute Gasteiger partial charge is 0.272 e. The molecule has 1 amide bonds. The summed E-state index contributed by atoms with van der Waals surface area (Å²) in [5.41, 5.74) is 1.24. The molecule has 0 radical (unpaired) electrons. The normalized spacial score (nSPS) is 18.6. The quantitative estimate of drug-likeness (QED) is 0.643. The molecule has 1 fully saturated rings. The van der Waals surface area contributed by atoms with E-state index in [0.717, 1.165) is 40.7 Å². The van der Waals surface area contributed by atoms with E-state index in [2.05, 4.69) is 39.8 Å². The highest BCUT2D eigenvalue weighted by molar-refractivity contribution is 7.21. The Bertz CT molecular complexity index is 1030. The number of amides is 1. The number of rotatable bonds is 5. The van der Waals surface area contributed by atoms with Crippen molar-refractivity contribution in [2.45, 2.75) is 52.6 Å². The van der Waals surface area contributed by atoms with E-state index in [1.165, 1.54) is 17.8 Å². The highest BCUT2D eigenvalue weighted by atomic mass is 32.1. The number of benzene rings is 1. The van der Waals surface area contributed by atoms with Gasteiger partial charge in [0.05, 0.1) is 13.2 Å². The lowest BCUT2D eigenvalue weighted by molar-refractivity contribution is 0.0846. The van der Waals surface area contributed by atoms with E-state index in [0.29, 0.717) is 10.6 Å². The molecule has 1 atom stereocenters. The molecule has 1 aliphatic carbocycles. The maximum absolute atomic E-state index is 13.0. The molecule has 0 saturated heterocycles. The standard InChI is InChI=1S/C20H25N5O3S/c1-11-8-15-13(9-14(11)27-4)16(28-12-6-5-7-20(2,3)10-12)17(29-15)18(26)21-19-22-24-25-23-19/h8-9,12H,5-7,10H2,1-4H3,(H2,21,22,23,24,25,26). The van der Waals surface area contributed by atoms with Gasteiger partial charge in [-0.1, -0.05) is 18.9 Å². The number of fused-ring (bicyclic) bond motifs is 1. The van der Waals surface area contributed by atoms with Crippen LogP contribution in [0.1, 0.15) is 54.8 Å². The van der Waals surface area contributed by atoms with E-state index < -0.39 is 0 Å². The predicted molar refractivity (Wildman–Crippen MR) is 112 cm³/mol. The van der Waals surface area contributed by atoms with Gasteiger partial charge in [0.1, 0.15) is 10.6 Å². The number of aryl methyl sites for hydroxylation is 1.